The van der Waals surface area contributed by atoms with Crippen LogP contribution < -0.4 is 5.32 Å². The third-order valence-electron chi connectivity index (χ3n) is 2.97. The van der Waals surface area contributed by atoms with Crippen LogP contribution in [0, 0.1) is 0 Å². The van der Waals surface area contributed by atoms with Gasteiger partial charge in [-0.1, -0.05) is 0 Å². The fourth-order valence-corrected chi connectivity index (χ4v) is 2.42. The minimum Gasteiger partial charge on any atom is -0.373 e. The minimum absolute atomic E-state index is 0.0402. The van der Waals surface area contributed by atoms with E-state index in [-0.39, 0.29) is 11.9 Å². The van der Waals surface area contributed by atoms with Gasteiger partial charge in [-0.15, -0.1) is 11.3 Å². The average Bonchev–Trinajstić information content (AvgIpc) is 2.99. The summed E-state index contributed by atoms with van der Waals surface area (Å²) in [5.41, 5.74) is 0.616. The van der Waals surface area contributed by atoms with Gasteiger partial charge in [-0.2, -0.15) is 0 Å². The first kappa shape index (κ1) is 13.5. The maximum Gasteiger partial charge on any atom is 0.254 e. The van der Waals surface area contributed by atoms with Gasteiger partial charge in [0.1, 0.15) is 10.8 Å². The first-order valence-electron chi connectivity index (χ1n) is 5.94. The molecule has 0 aliphatic carbocycles. The Kier molecular flexibility index (Phi) is 4.11. The molecule has 2 aromatic heterocycles. The molecular formula is C13H16N4OS. The Balaban J connectivity index is 2.18. The Bertz CT molecular complexity index is 556. The van der Waals surface area contributed by atoms with Crippen molar-refractivity contribution in [1.29, 1.82) is 0 Å². The Labute approximate surface area is 116 Å². The number of amides is 1. The Morgan fingerprint density at radius 1 is 1.42 bits per heavy atom. The Hall–Kier alpha value is -1.95. The first-order valence-corrected chi connectivity index (χ1v) is 6.81. The number of carbonyl (C=O) groups excluding carboxylic acids is 1. The molecule has 0 fully saturated rings. The molecule has 0 unspecified atom stereocenters. The zero-order valence-electron chi connectivity index (χ0n) is 11.1. The number of nitrogens with one attached hydrogen (secondary N) is 1. The van der Waals surface area contributed by atoms with E-state index in [0.717, 1.165) is 5.01 Å². The summed E-state index contributed by atoms with van der Waals surface area (Å²) in [5.74, 6) is 0.641. The molecule has 0 aromatic carbocycles. The number of hydrogen-bond donors (Lipinski definition) is 1. The van der Waals surface area contributed by atoms with Gasteiger partial charge >= 0.3 is 0 Å². The second kappa shape index (κ2) is 5.79. The SMILES string of the molecule is CNc1cc(C(=O)N(C)[C@@H](C)c2nccs2)ccn1. The molecule has 0 saturated carbocycles. The quantitative estimate of drug-likeness (QED) is 0.931. The largest absolute Gasteiger partial charge is 0.373 e. The molecule has 5 nitrogen and oxygen atoms in total. The van der Waals surface area contributed by atoms with E-state index < -0.39 is 0 Å². The van der Waals surface area contributed by atoms with E-state index in [1.54, 1.807) is 54.9 Å². The van der Waals surface area contributed by atoms with E-state index in [2.05, 4.69) is 15.3 Å². The second-order valence-electron chi connectivity index (χ2n) is 4.14. The van der Waals surface area contributed by atoms with Gasteiger partial charge in [0.2, 0.25) is 0 Å². The summed E-state index contributed by atoms with van der Waals surface area (Å²) in [6.07, 6.45) is 3.38. The number of aromatic nitrogens is 2. The number of carbonyl (C=O) groups is 1. The summed E-state index contributed by atoms with van der Waals surface area (Å²) in [6.45, 7) is 1.97. The second-order valence-corrected chi connectivity index (χ2v) is 5.07. The Morgan fingerprint density at radius 2 is 2.21 bits per heavy atom. The van der Waals surface area contributed by atoms with Crippen LogP contribution in [0.25, 0.3) is 0 Å². The standard InChI is InChI=1S/C13H16N4OS/c1-9(12-16-6-7-19-12)17(3)13(18)10-4-5-15-11(8-10)14-2/h4-9H,1-3H3,(H,14,15)/t9-/m0/s1. The number of nitrogens with zero attached hydrogens (tertiary/aromatic N) is 3. The van der Waals surface area contributed by atoms with E-state index in [9.17, 15) is 4.79 Å². The molecule has 6 heteroatoms. The number of rotatable bonds is 4. The van der Waals surface area contributed by atoms with Crippen molar-refractivity contribution in [3.8, 4) is 0 Å². The van der Waals surface area contributed by atoms with Crippen LogP contribution in [-0.4, -0.2) is 34.9 Å². The highest BCUT2D eigenvalue weighted by Gasteiger charge is 2.20. The van der Waals surface area contributed by atoms with Gasteiger partial charge in [0.15, 0.2) is 0 Å². The normalized spacial score (nSPS) is 11.9. The third-order valence-corrected chi connectivity index (χ3v) is 3.92. The van der Waals surface area contributed by atoms with Crippen molar-refractivity contribution >= 4 is 23.1 Å². The van der Waals surface area contributed by atoms with Crippen LogP contribution in [0.1, 0.15) is 28.3 Å². The fourth-order valence-electron chi connectivity index (χ4n) is 1.69. The van der Waals surface area contributed by atoms with Crippen LogP contribution in [0.5, 0.6) is 0 Å². The maximum absolute atomic E-state index is 12.4. The van der Waals surface area contributed by atoms with E-state index >= 15 is 0 Å². The van der Waals surface area contributed by atoms with Crippen molar-refractivity contribution in [2.45, 2.75) is 13.0 Å². The molecule has 1 N–H and O–H groups in total. The summed E-state index contributed by atoms with van der Waals surface area (Å²) in [6, 6.07) is 3.42. The van der Waals surface area contributed by atoms with Crippen LogP contribution in [-0.2, 0) is 0 Å². The van der Waals surface area contributed by atoms with E-state index in [4.69, 9.17) is 0 Å². The predicted molar refractivity (Wildman–Crippen MR) is 76.4 cm³/mol. The third kappa shape index (κ3) is 2.90. The highest BCUT2D eigenvalue weighted by molar-refractivity contribution is 7.09. The molecule has 100 valence electrons. The lowest BCUT2D eigenvalue weighted by Crippen LogP contribution is -2.29. The summed E-state index contributed by atoms with van der Waals surface area (Å²) < 4.78 is 0. The van der Waals surface area contributed by atoms with Crippen LogP contribution in [0.4, 0.5) is 5.82 Å². The van der Waals surface area contributed by atoms with Gasteiger partial charge in [0, 0.05) is 37.4 Å². The van der Waals surface area contributed by atoms with Gasteiger partial charge in [-0.25, -0.2) is 9.97 Å². The minimum atomic E-state index is -0.0429. The topological polar surface area (TPSA) is 58.1 Å². The Morgan fingerprint density at radius 3 is 2.84 bits per heavy atom. The molecule has 0 spiro atoms. The molecule has 0 aliphatic rings. The summed E-state index contributed by atoms with van der Waals surface area (Å²) in [7, 11) is 3.56. The molecule has 2 rings (SSSR count). The maximum atomic E-state index is 12.4. The van der Waals surface area contributed by atoms with Crippen molar-refractivity contribution in [1.82, 2.24) is 14.9 Å². The fraction of sp³-hybridized carbons (Fsp3) is 0.308. The highest BCUT2D eigenvalue weighted by atomic mass is 32.1. The number of hydrogen-bond acceptors (Lipinski definition) is 5. The molecule has 2 aromatic rings. The van der Waals surface area contributed by atoms with E-state index in [1.807, 2.05) is 12.3 Å². The summed E-state index contributed by atoms with van der Waals surface area (Å²) in [4.78, 5) is 22.4. The molecular weight excluding hydrogens is 260 g/mol. The van der Waals surface area contributed by atoms with Crippen LogP contribution in [0.3, 0.4) is 0 Å². The van der Waals surface area contributed by atoms with Gasteiger partial charge in [0.25, 0.3) is 5.91 Å². The van der Waals surface area contributed by atoms with Crippen molar-refractivity contribution in [3.63, 3.8) is 0 Å². The lowest BCUT2D eigenvalue weighted by Gasteiger charge is -2.23. The van der Waals surface area contributed by atoms with E-state index in [1.165, 1.54) is 0 Å². The average molecular weight is 276 g/mol. The van der Waals surface area contributed by atoms with Crippen molar-refractivity contribution in [2.24, 2.45) is 0 Å². The van der Waals surface area contributed by atoms with Crippen molar-refractivity contribution in [3.05, 3.63) is 40.5 Å². The molecule has 19 heavy (non-hydrogen) atoms. The van der Waals surface area contributed by atoms with Crippen molar-refractivity contribution < 1.29 is 4.79 Å². The lowest BCUT2D eigenvalue weighted by molar-refractivity contribution is 0.0742. The van der Waals surface area contributed by atoms with Gasteiger partial charge in [-0.3, -0.25) is 4.79 Å². The number of anilines is 1. The lowest BCUT2D eigenvalue weighted by atomic mass is 10.2. The molecule has 0 aliphatic heterocycles. The van der Waals surface area contributed by atoms with Crippen LogP contribution >= 0.6 is 11.3 Å². The molecule has 1 amide bonds. The summed E-state index contributed by atoms with van der Waals surface area (Å²) >= 11 is 1.55. The zero-order valence-corrected chi connectivity index (χ0v) is 11.9. The molecule has 0 bridgehead atoms. The molecule has 0 saturated heterocycles. The van der Waals surface area contributed by atoms with E-state index in [0.29, 0.717) is 11.4 Å². The zero-order chi connectivity index (χ0) is 13.8. The number of pyridine rings is 1. The van der Waals surface area contributed by atoms with Gasteiger partial charge in [0.05, 0.1) is 6.04 Å². The molecule has 2 heterocycles. The van der Waals surface area contributed by atoms with Crippen LogP contribution in [0.2, 0.25) is 0 Å². The van der Waals surface area contributed by atoms with Gasteiger partial charge in [-0.05, 0) is 19.1 Å². The monoisotopic (exact) mass is 276 g/mol. The van der Waals surface area contributed by atoms with Crippen molar-refractivity contribution in [2.75, 3.05) is 19.4 Å². The first-order chi connectivity index (χ1) is 9.13. The molecule has 1 atom stereocenters. The highest BCUT2D eigenvalue weighted by Crippen LogP contribution is 2.22. The predicted octanol–water partition coefficient (Wildman–Crippen LogP) is 2.41. The van der Waals surface area contributed by atoms with Crippen LogP contribution in [0.15, 0.2) is 29.9 Å². The molecule has 0 radical (unpaired) electrons. The number of thiazole rings is 1. The summed E-state index contributed by atoms with van der Waals surface area (Å²) in [5, 5.41) is 5.77. The smallest absolute Gasteiger partial charge is 0.254 e. The van der Waals surface area contributed by atoms with Gasteiger partial charge < -0.3 is 10.2 Å².